The summed E-state index contributed by atoms with van der Waals surface area (Å²) in [6.45, 7) is 10.6. The van der Waals surface area contributed by atoms with Crippen LogP contribution in [-0.4, -0.2) is 33.1 Å². The maximum absolute atomic E-state index is 11.1. The third-order valence-electron chi connectivity index (χ3n) is 9.59. The van der Waals surface area contributed by atoms with Crippen LogP contribution in [0.4, 0.5) is 0 Å². The smallest absolute Gasteiger partial charge is 0.0774 e. The van der Waals surface area contributed by atoms with Gasteiger partial charge in [0.2, 0.25) is 0 Å². The Balaban J connectivity index is 1.56. The van der Waals surface area contributed by atoms with E-state index in [9.17, 15) is 15.3 Å². The highest BCUT2D eigenvalue weighted by atomic mass is 16.3. The van der Waals surface area contributed by atoms with Gasteiger partial charge in [-0.1, -0.05) is 38.2 Å². The summed E-state index contributed by atoms with van der Waals surface area (Å²) in [5.41, 5.74) is 2.21. The molecule has 0 aromatic rings. The van der Waals surface area contributed by atoms with Gasteiger partial charge in [-0.2, -0.15) is 0 Å². The van der Waals surface area contributed by atoms with Crippen molar-refractivity contribution < 1.29 is 15.3 Å². The molecule has 3 heteroatoms. The van der Waals surface area contributed by atoms with E-state index in [2.05, 4.69) is 32.9 Å². The lowest BCUT2D eigenvalue weighted by atomic mass is 9.44. The highest BCUT2D eigenvalue weighted by Crippen LogP contribution is 2.66. The van der Waals surface area contributed by atoms with E-state index in [0.29, 0.717) is 30.1 Å². The molecule has 30 heavy (non-hydrogen) atoms. The molecule has 0 radical (unpaired) electrons. The number of rotatable bonds is 3. The van der Waals surface area contributed by atoms with Crippen LogP contribution < -0.4 is 0 Å². The van der Waals surface area contributed by atoms with Crippen molar-refractivity contribution >= 4 is 0 Å². The van der Waals surface area contributed by atoms with E-state index in [-0.39, 0.29) is 23.0 Å². The molecule has 3 unspecified atom stereocenters. The van der Waals surface area contributed by atoms with Gasteiger partial charge >= 0.3 is 0 Å². The SMILES string of the molecule is CC(=CC=CC(C)(C)O)C1=CC[C@H]2[C@@H]3CCC4CC(O)CC(O)[C@]4(C)[C@H]3CC[C@]12C. The van der Waals surface area contributed by atoms with E-state index >= 15 is 0 Å². The monoisotopic (exact) mass is 414 g/mol. The van der Waals surface area contributed by atoms with Gasteiger partial charge in [0, 0.05) is 0 Å². The lowest BCUT2D eigenvalue weighted by Crippen LogP contribution is -2.59. The standard InChI is InChI=1S/C27H42O3/c1-17(7-6-13-25(2,3)30)21-10-11-22-20-9-8-18-15-19(28)16-24(29)27(18,5)23(20)12-14-26(21,22)4/h6-7,10,13,18-20,22-24,28-30H,8-9,11-12,14-16H2,1-5H3/t18?,19?,20-,22-,23-,24?,26+,27-/m0/s1. The van der Waals surface area contributed by atoms with E-state index < -0.39 is 5.60 Å². The van der Waals surface area contributed by atoms with Crippen LogP contribution in [0, 0.1) is 34.5 Å². The molecule has 4 aliphatic rings. The van der Waals surface area contributed by atoms with Crippen LogP contribution in [-0.2, 0) is 0 Å². The van der Waals surface area contributed by atoms with Gasteiger partial charge in [-0.25, -0.2) is 0 Å². The van der Waals surface area contributed by atoms with Crippen molar-refractivity contribution in [3.63, 3.8) is 0 Å². The quantitative estimate of drug-likeness (QED) is 0.558. The van der Waals surface area contributed by atoms with Gasteiger partial charge in [-0.3, -0.25) is 0 Å². The van der Waals surface area contributed by atoms with Gasteiger partial charge in [0.05, 0.1) is 17.8 Å². The second kappa shape index (κ2) is 7.60. The van der Waals surface area contributed by atoms with E-state index in [4.69, 9.17) is 0 Å². The first-order valence-corrected chi connectivity index (χ1v) is 12.1. The van der Waals surface area contributed by atoms with E-state index in [0.717, 1.165) is 19.3 Å². The summed E-state index contributed by atoms with van der Waals surface area (Å²) in [6.07, 6.45) is 15.1. The Bertz CT molecular complexity index is 757. The highest BCUT2D eigenvalue weighted by molar-refractivity contribution is 5.42. The molecule has 0 heterocycles. The van der Waals surface area contributed by atoms with Crippen LogP contribution in [0.15, 0.2) is 35.5 Å². The number of hydrogen-bond donors (Lipinski definition) is 3. The predicted octanol–water partition coefficient (Wildman–Crippen LogP) is 5.17. The number of aliphatic hydroxyl groups is 3. The van der Waals surface area contributed by atoms with Crippen molar-refractivity contribution in [2.45, 2.75) is 97.4 Å². The predicted molar refractivity (Wildman–Crippen MR) is 122 cm³/mol. The minimum atomic E-state index is -0.784. The van der Waals surface area contributed by atoms with E-state index in [1.807, 2.05) is 12.2 Å². The summed E-state index contributed by atoms with van der Waals surface area (Å²) >= 11 is 0. The first kappa shape index (κ1) is 22.3. The molecule has 0 amide bonds. The molecular weight excluding hydrogens is 372 g/mol. The Morgan fingerprint density at radius 2 is 1.83 bits per heavy atom. The molecule has 168 valence electrons. The lowest BCUT2D eigenvalue weighted by molar-refractivity contribution is -0.176. The largest absolute Gasteiger partial charge is 0.393 e. The Morgan fingerprint density at radius 1 is 1.10 bits per heavy atom. The summed E-state index contributed by atoms with van der Waals surface area (Å²) in [6, 6.07) is 0. The number of hydrogen-bond acceptors (Lipinski definition) is 3. The fourth-order valence-corrected chi connectivity index (χ4v) is 7.99. The molecule has 0 aromatic heterocycles. The first-order valence-electron chi connectivity index (χ1n) is 12.1. The second-order valence-corrected chi connectivity index (χ2v) is 11.8. The number of fused-ring (bicyclic) bond motifs is 5. The molecule has 0 aliphatic heterocycles. The maximum atomic E-state index is 11.1. The van der Waals surface area contributed by atoms with Crippen molar-refractivity contribution in [1.29, 1.82) is 0 Å². The van der Waals surface area contributed by atoms with Gasteiger partial charge in [-0.05, 0) is 111 Å². The summed E-state index contributed by atoms with van der Waals surface area (Å²) < 4.78 is 0. The molecular formula is C27H42O3. The normalized spacial score (nSPS) is 46.9. The van der Waals surface area contributed by atoms with E-state index in [1.54, 1.807) is 13.8 Å². The maximum Gasteiger partial charge on any atom is 0.0774 e. The van der Waals surface area contributed by atoms with Gasteiger partial charge in [0.1, 0.15) is 0 Å². The fraction of sp³-hybridized carbons (Fsp3) is 0.778. The highest BCUT2D eigenvalue weighted by Gasteiger charge is 2.61. The molecule has 0 saturated heterocycles. The fourth-order valence-electron chi connectivity index (χ4n) is 7.99. The number of allylic oxidation sites excluding steroid dienone is 5. The first-order chi connectivity index (χ1) is 14.0. The van der Waals surface area contributed by atoms with Crippen molar-refractivity contribution in [1.82, 2.24) is 0 Å². The zero-order valence-electron chi connectivity index (χ0n) is 19.6. The zero-order chi connectivity index (χ0) is 21.9. The van der Waals surface area contributed by atoms with Crippen LogP contribution in [0.5, 0.6) is 0 Å². The summed E-state index contributed by atoms with van der Waals surface area (Å²) in [5, 5.41) is 31.3. The van der Waals surface area contributed by atoms with Gasteiger partial charge in [0.15, 0.2) is 0 Å². The van der Waals surface area contributed by atoms with Crippen LogP contribution in [0.2, 0.25) is 0 Å². The zero-order valence-corrected chi connectivity index (χ0v) is 19.6. The van der Waals surface area contributed by atoms with Crippen molar-refractivity contribution in [3.05, 3.63) is 35.5 Å². The van der Waals surface area contributed by atoms with Crippen LogP contribution in [0.25, 0.3) is 0 Å². The molecule has 4 aliphatic carbocycles. The topological polar surface area (TPSA) is 60.7 Å². The third kappa shape index (κ3) is 3.55. The van der Waals surface area contributed by atoms with Crippen molar-refractivity contribution in [3.8, 4) is 0 Å². The van der Waals surface area contributed by atoms with Crippen molar-refractivity contribution in [2.24, 2.45) is 34.5 Å². The van der Waals surface area contributed by atoms with Gasteiger partial charge in [-0.15, -0.1) is 0 Å². The average Bonchev–Trinajstić information content (AvgIpc) is 2.99. The Labute approximate surface area is 183 Å². The van der Waals surface area contributed by atoms with Crippen molar-refractivity contribution in [2.75, 3.05) is 0 Å². The van der Waals surface area contributed by atoms with Gasteiger partial charge < -0.3 is 15.3 Å². The molecule has 0 bridgehead atoms. The summed E-state index contributed by atoms with van der Waals surface area (Å²) in [4.78, 5) is 0. The Morgan fingerprint density at radius 3 is 2.53 bits per heavy atom. The molecule has 8 atom stereocenters. The molecule has 0 aromatic carbocycles. The van der Waals surface area contributed by atoms with Crippen LogP contribution >= 0.6 is 0 Å². The molecule has 3 saturated carbocycles. The average molecular weight is 415 g/mol. The Hall–Kier alpha value is -0.900. The molecule has 0 spiro atoms. The molecule has 3 fully saturated rings. The lowest BCUT2D eigenvalue weighted by Gasteiger charge is -2.62. The Kier molecular flexibility index (Phi) is 5.65. The van der Waals surface area contributed by atoms with E-state index in [1.165, 1.54) is 30.4 Å². The molecule has 3 nitrogen and oxygen atoms in total. The molecule has 3 N–H and O–H groups in total. The minimum Gasteiger partial charge on any atom is -0.393 e. The molecule has 4 rings (SSSR count). The summed E-state index contributed by atoms with van der Waals surface area (Å²) in [5.74, 6) is 2.36. The van der Waals surface area contributed by atoms with Gasteiger partial charge in [0.25, 0.3) is 0 Å². The summed E-state index contributed by atoms with van der Waals surface area (Å²) in [7, 11) is 0. The van der Waals surface area contributed by atoms with Crippen LogP contribution in [0.3, 0.4) is 0 Å². The minimum absolute atomic E-state index is 0.0352. The number of aliphatic hydroxyl groups excluding tert-OH is 2. The second-order valence-electron chi connectivity index (χ2n) is 11.8. The van der Waals surface area contributed by atoms with Crippen LogP contribution in [0.1, 0.15) is 79.6 Å². The third-order valence-corrected chi connectivity index (χ3v) is 9.59.